The molecular formula is C62H51NS. The molecule has 1 heterocycles. The largest absolute Gasteiger partial charge is 0.309 e. The van der Waals surface area contributed by atoms with E-state index >= 15 is 0 Å². The Bertz CT molecular complexity index is 3430. The van der Waals surface area contributed by atoms with Gasteiger partial charge in [-0.15, -0.1) is 11.3 Å². The zero-order chi connectivity index (χ0) is 42.9. The molecule has 0 saturated heterocycles. The van der Waals surface area contributed by atoms with Gasteiger partial charge in [0.2, 0.25) is 0 Å². The lowest BCUT2D eigenvalue weighted by molar-refractivity contribution is 0.445. The SMILES string of the molecule is Cc1c(-c2cccc3c2sc2ccccc23)cccc1N(c1ccccc1-c1cccc2c1-c1ccccc1C2(C)C)c1ccccc1-c1cccc2cccc(C3CCCCC3)c12. The summed E-state index contributed by atoms with van der Waals surface area (Å²) in [5.41, 5.74) is 19.2. The fourth-order valence-corrected chi connectivity index (χ4v) is 12.9. The molecule has 12 rings (SSSR count). The minimum atomic E-state index is -0.105. The summed E-state index contributed by atoms with van der Waals surface area (Å²) in [6.45, 7) is 7.11. The second-order valence-electron chi connectivity index (χ2n) is 18.6. The van der Waals surface area contributed by atoms with E-state index in [1.54, 1.807) is 0 Å². The summed E-state index contributed by atoms with van der Waals surface area (Å²) in [6, 6.07) is 71.0. The first-order valence-electron chi connectivity index (χ1n) is 23.2. The van der Waals surface area contributed by atoms with Crippen molar-refractivity contribution < 1.29 is 0 Å². The Morgan fingerprint density at radius 3 is 1.81 bits per heavy atom. The predicted molar refractivity (Wildman–Crippen MR) is 276 cm³/mol. The van der Waals surface area contributed by atoms with Crippen LogP contribution in [0.5, 0.6) is 0 Å². The summed E-state index contributed by atoms with van der Waals surface area (Å²) >= 11 is 1.90. The molecule has 0 amide bonds. The molecule has 0 unspecified atom stereocenters. The number of rotatable bonds is 7. The Morgan fingerprint density at radius 2 is 1.00 bits per heavy atom. The van der Waals surface area contributed by atoms with Crippen molar-refractivity contribution in [3.05, 3.63) is 210 Å². The number of benzene rings is 9. The standard InChI is InChI=1S/C62H51NS/c1-40-43(50-32-17-33-51-47-26-10-14-39-58(47)64-61(50)51)28-19-38-55(40)63(57-37-13-9-25-46(57)49-31-18-35-54-60(49)52-27-7-11-34-53(52)62(54,2)3)56-36-12-8-24-45(56)48-30-16-23-42-22-15-29-44(59(42)48)41-20-5-4-6-21-41/h7-19,22-39,41H,4-6,20-21H2,1-3H3. The molecule has 0 N–H and O–H groups in total. The molecule has 0 bridgehead atoms. The van der Waals surface area contributed by atoms with Crippen LogP contribution in [0.2, 0.25) is 0 Å². The number of fused-ring (bicyclic) bond motifs is 7. The van der Waals surface area contributed by atoms with Gasteiger partial charge >= 0.3 is 0 Å². The maximum atomic E-state index is 2.60. The highest BCUT2D eigenvalue weighted by Gasteiger charge is 2.37. The van der Waals surface area contributed by atoms with Gasteiger partial charge in [-0.25, -0.2) is 0 Å². The molecule has 0 spiro atoms. The van der Waals surface area contributed by atoms with E-state index in [1.165, 1.54) is 147 Å². The molecule has 2 heteroatoms. The van der Waals surface area contributed by atoms with Gasteiger partial charge in [-0.2, -0.15) is 0 Å². The highest BCUT2D eigenvalue weighted by Crippen LogP contribution is 2.55. The Hall–Kier alpha value is -6.74. The van der Waals surface area contributed by atoms with Gasteiger partial charge in [-0.3, -0.25) is 0 Å². The monoisotopic (exact) mass is 841 g/mol. The van der Waals surface area contributed by atoms with Crippen molar-refractivity contribution in [1.29, 1.82) is 0 Å². The molecule has 1 fully saturated rings. The first-order chi connectivity index (χ1) is 31.5. The minimum Gasteiger partial charge on any atom is -0.309 e. The molecule has 2 aliphatic carbocycles. The van der Waals surface area contributed by atoms with Crippen LogP contribution in [0.4, 0.5) is 17.1 Å². The van der Waals surface area contributed by atoms with E-state index in [-0.39, 0.29) is 5.41 Å². The van der Waals surface area contributed by atoms with Crippen LogP contribution in [0, 0.1) is 6.92 Å². The lowest BCUT2D eigenvalue weighted by Gasteiger charge is -2.32. The van der Waals surface area contributed by atoms with Crippen molar-refractivity contribution in [1.82, 2.24) is 0 Å². The molecule has 0 radical (unpaired) electrons. The number of hydrogen-bond acceptors (Lipinski definition) is 2. The van der Waals surface area contributed by atoms with Crippen molar-refractivity contribution in [2.45, 2.75) is 64.2 Å². The lowest BCUT2D eigenvalue weighted by Crippen LogP contribution is -2.15. The molecule has 64 heavy (non-hydrogen) atoms. The molecule has 10 aromatic rings. The van der Waals surface area contributed by atoms with Gasteiger partial charge in [0.1, 0.15) is 0 Å². The van der Waals surface area contributed by atoms with E-state index in [2.05, 4.69) is 214 Å². The smallest absolute Gasteiger partial charge is 0.0540 e. The number of anilines is 3. The number of nitrogens with zero attached hydrogens (tertiary/aromatic N) is 1. The normalized spacial score (nSPS) is 14.5. The van der Waals surface area contributed by atoms with Crippen LogP contribution in [-0.2, 0) is 5.41 Å². The average Bonchev–Trinajstić information content (AvgIpc) is 3.84. The van der Waals surface area contributed by atoms with Crippen LogP contribution in [0.25, 0.3) is 75.5 Å². The van der Waals surface area contributed by atoms with Gasteiger partial charge in [0.15, 0.2) is 0 Å². The zero-order valence-corrected chi connectivity index (χ0v) is 37.7. The van der Waals surface area contributed by atoms with Gasteiger partial charge in [-0.1, -0.05) is 197 Å². The van der Waals surface area contributed by atoms with Crippen molar-refractivity contribution in [3.63, 3.8) is 0 Å². The molecule has 1 aromatic heterocycles. The quantitative estimate of drug-likeness (QED) is 0.155. The molecule has 9 aromatic carbocycles. The molecule has 0 atom stereocenters. The Kier molecular flexibility index (Phi) is 9.42. The summed E-state index contributed by atoms with van der Waals surface area (Å²) in [6.07, 6.45) is 6.47. The van der Waals surface area contributed by atoms with Crippen LogP contribution in [0.1, 0.15) is 74.1 Å². The summed E-state index contributed by atoms with van der Waals surface area (Å²) in [7, 11) is 0. The molecule has 1 saturated carbocycles. The average molecular weight is 842 g/mol. The van der Waals surface area contributed by atoms with Crippen LogP contribution < -0.4 is 4.90 Å². The Balaban J connectivity index is 1.13. The van der Waals surface area contributed by atoms with Crippen molar-refractivity contribution in [2.24, 2.45) is 0 Å². The van der Waals surface area contributed by atoms with E-state index in [0.29, 0.717) is 5.92 Å². The molecule has 1 nitrogen and oxygen atoms in total. The van der Waals surface area contributed by atoms with Gasteiger partial charge in [0.05, 0.1) is 11.4 Å². The van der Waals surface area contributed by atoms with E-state index in [9.17, 15) is 0 Å². The molecule has 310 valence electrons. The third-order valence-corrected chi connectivity index (χ3v) is 15.9. The first kappa shape index (κ1) is 38.9. The maximum absolute atomic E-state index is 2.60. The van der Waals surface area contributed by atoms with E-state index in [4.69, 9.17) is 0 Å². The lowest BCUT2D eigenvalue weighted by atomic mass is 9.80. The van der Waals surface area contributed by atoms with Crippen molar-refractivity contribution in [3.8, 4) is 44.5 Å². The molecule has 2 aliphatic rings. The van der Waals surface area contributed by atoms with Crippen LogP contribution in [0.15, 0.2) is 188 Å². The fourth-order valence-electron chi connectivity index (χ4n) is 11.6. The fraction of sp³-hybridized carbons (Fsp3) is 0.161. The number of thiophene rings is 1. The van der Waals surface area contributed by atoms with Crippen LogP contribution in [0.3, 0.4) is 0 Å². The molecule has 0 aliphatic heterocycles. The third kappa shape index (κ3) is 6.10. The van der Waals surface area contributed by atoms with Crippen LogP contribution in [-0.4, -0.2) is 0 Å². The second-order valence-corrected chi connectivity index (χ2v) is 19.6. The summed E-state index contributed by atoms with van der Waals surface area (Å²) in [5.74, 6) is 0.574. The van der Waals surface area contributed by atoms with Gasteiger partial charge < -0.3 is 4.90 Å². The van der Waals surface area contributed by atoms with Gasteiger partial charge in [-0.05, 0) is 116 Å². The Labute approximate surface area is 381 Å². The summed E-state index contributed by atoms with van der Waals surface area (Å²) in [4.78, 5) is 2.60. The summed E-state index contributed by atoms with van der Waals surface area (Å²) < 4.78 is 2.66. The number of hydrogen-bond donors (Lipinski definition) is 0. The highest BCUT2D eigenvalue weighted by atomic mass is 32.1. The van der Waals surface area contributed by atoms with E-state index < -0.39 is 0 Å². The predicted octanol–water partition coefficient (Wildman–Crippen LogP) is 18.3. The van der Waals surface area contributed by atoms with Crippen molar-refractivity contribution >= 4 is 59.3 Å². The van der Waals surface area contributed by atoms with E-state index in [1.807, 2.05) is 11.3 Å². The second kappa shape index (κ2) is 15.5. The first-order valence-corrected chi connectivity index (χ1v) is 24.0. The number of para-hydroxylation sites is 2. The third-order valence-electron chi connectivity index (χ3n) is 14.7. The zero-order valence-electron chi connectivity index (χ0n) is 36.9. The van der Waals surface area contributed by atoms with E-state index in [0.717, 1.165) is 0 Å². The maximum Gasteiger partial charge on any atom is 0.0540 e. The molecular weight excluding hydrogens is 791 g/mol. The van der Waals surface area contributed by atoms with Gasteiger partial charge in [0.25, 0.3) is 0 Å². The van der Waals surface area contributed by atoms with Crippen molar-refractivity contribution in [2.75, 3.05) is 4.90 Å². The Morgan fingerprint density at radius 1 is 0.453 bits per heavy atom. The minimum absolute atomic E-state index is 0.105. The topological polar surface area (TPSA) is 3.24 Å². The highest BCUT2D eigenvalue weighted by molar-refractivity contribution is 7.26. The van der Waals surface area contributed by atoms with Crippen LogP contribution >= 0.6 is 11.3 Å². The van der Waals surface area contributed by atoms with Gasteiger partial charge in [0, 0.05) is 42.4 Å². The summed E-state index contributed by atoms with van der Waals surface area (Å²) in [5, 5.41) is 5.36.